The Bertz CT molecular complexity index is 1410. The van der Waals surface area contributed by atoms with Gasteiger partial charge < -0.3 is 15.1 Å². The minimum Gasteiger partial charge on any atom is -0.341 e. The van der Waals surface area contributed by atoms with Crippen LogP contribution in [0, 0.1) is 23.1 Å². The quantitative estimate of drug-likeness (QED) is 0.403. The first-order valence-electron chi connectivity index (χ1n) is 13.4. The van der Waals surface area contributed by atoms with Gasteiger partial charge in [0.1, 0.15) is 29.2 Å². The molecule has 2 saturated heterocycles. The molecule has 10 nitrogen and oxygen atoms in total. The van der Waals surface area contributed by atoms with E-state index in [1.165, 1.54) is 16.8 Å². The smallest absolute Gasteiger partial charge is 0.341 e. The number of benzene rings is 1. The molecule has 3 heterocycles. The molecular formula is C28H30F4N6O4. The molecule has 14 heteroatoms. The Morgan fingerprint density at radius 2 is 1.86 bits per heavy atom. The van der Waals surface area contributed by atoms with Crippen LogP contribution in [-0.4, -0.2) is 89.0 Å². The van der Waals surface area contributed by atoms with Crippen LogP contribution in [0.3, 0.4) is 0 Å². The van der Waals surface area contributed by atoms with Gasteiger partial charge in [-0.25, -0.2) is 9.18 Å². The van der Waals surface area contributed by atoms with Gasteiger partial charge in [0.2, 0.25) is 5.91 Å². The van der Waals surface area contributed by atoms with Gasteiger partial charge in [-0.15, -0.1) is 0 Å². The number of halogens is 4. The van der Waals surface area contributed by atoms with Crippen molar-refractivity contribution in [2.24, 2.45) is 10.9 Å². The first kappa shape index (κ1) is 30.7. The molecule has 0 radical (unpaired) electrons. The third kappa shape index (κ3) is 5.73. The summed E-state index contributed by atoms with van der Waals surface area (Å²) >= 11 is 0. The summed E-state index contributed by atoms with van der Waals surface area (Å²) in [6.45, 7) is 3.89. The average molecular weight is 591 g/mol. The van der Waals surface area contributed by atoms with Crippen LogP contribution in [0.15, 0.2) is 34.8 Å². The predicted molar refractivity (Wildman–Crippen MR) is 142 cm³/mol. The molecule has 2 fully saturated rings. The molecule has 0 aliphatic carbocycles. The largest absolute Gasteiger partial charge is 0.416 e. The summed E-state index contributed by atoms with van der Waals surface area (Å²) in [5, 5.41) is 11.6. The molecule has 224 valence electrons. The van der Waals surface area contributed by atoms with E-state index < -0.39 is 64.4 Å². The summed E-state index contributed by atoms with van der Waals surface area (Å²) in [7, 11) is 1.39. The highest BCUT2D eigenvalue weighted by Crippen LogP contribution is 2.38. The highest BCUT2D eigenvalue weighted by Gasteiger charge is 2.57. The second kappa shape index (κ2) is 11.5. The van der Waals surface area contributed by atoms with Crippen molar-refractivity contribution in [2.75, 3.05) is 33.2 Å². The number of imide groups is 1. The number of amides is 5. The lowest BCUT2D eigenvalue weighted by Gasteiger charge is -2.43. The van der Waals surface area contributed by atoms with Crippen molar-refractivity contribution in [3.8, 4) is 6.07 Å². The number of hydrogen-bond donors (Lipinski definition) is 1. The lowest BCUT2D eigenvalue weighted by atomic mass is 9.84. The molecular weight excluding hydrogens is 560 g/mol. The Kier molecular flexibility index (Phi) is 8.43. The number of nitrogens with zero attached hydrogens (tertiary/aromatic N) is 5. The minimum atomic E-state index is -4.79. The molecule has 1 aromatic rings. The first-order valence-corrected chi connectivity index (χ1v) is 13.4. The average Bonchev–Trinajstić information content (AvgIpc) is 3.11. The molecule has 5 amide bonds. The normalized spacial score (nSPS) is 19.5. The van der Waals surface area contributed by atoms with Crippen molar-refractivity contribution in [3.05, 3.63) is 46.8 Å². The molecule has 4 rings (SSSR count). The van der Waals surface area contributed by atoms with Crippen molar-refractivity contribution < 1.29 is 36.7 Å². The summed E-state index contributed by atoms with van der Waals surface area (Å²) in [6.07, 6.45) is -2.44. The number of hydrogen-bond acceptors (Lipinski definition) is 6. The predicted octanol–water partition coefficient (Wildman–Crippen LogP) is 3.15. The maximum absolute atomic E-state index is 14.3. The number of likely N-dealkylation sites (N-methyl/N-ethyl adjacent to an activating group) is 1. The zero-order chi connectivity index (χ0) is 31.0. The third-order valence-electron chi connectivity index (χ3n) is 7.93. The van der Waals surface area contributed by atoms with E-state index in [9.17, 15) is 42.0 Å². The van der Waals surface area contributed by atoms with Crippen LogP contribution in [0.1, 0.15) is 49.0 Å². The highest BCUT2D eigenvalue weighted by molar-refractivity contribution is 6.09. The maximum Gasteiger partial charge on any atom is 0.416 e. The Labute approximate surface area is 239 Å². The minimum absolute atomic E-state index is 0.0587. The number of rotatable bonds is 6. The number of carbonyl (C=O) groups is 4. The van der Waals surface area contributed by atoms with Crippen molar-refractivity contribution in [3.63, 3.8) is 0 Å². The first-order chi connectivity index (χ1) is 19.7. The molecule has 1 N–H and O–H groups in total. The van der Waals surface area contributed by atoms with Gasteiger partial charge in [0.25, 0.3) is 11.8 Å². The summed E-state index contributed by atoms with van der Waals surface area (Å²) < 4.78 is 53.7. The van der Waals surface area contributed by atoms with Crippen LogP contribution in [0.5, 0.6) is 0 Å². The molecule has 0 saturated carbocycles. The number of carbonyl (C=O) groups excluding carboxylic acids is 4. The van der Waals surface area contributed by atoms with Crippen LogP contribution in [-0.2, 0) is 15.8 Å². The topological polar surface area (TPSA) is 126 Å². The monoisotopic (exact) mass is 590 g/mol. The number of nitriles is 1. The van der Waals surface area contributed by atoms with E-state index in [0.717, 1.165) is 10.5 Å². The second-order valence-electron chi connectivity index (χ2n) is 10.9. The number of likely N-dealkylation sites (tertiary alicyclic amines) is 1. The zero-order valence-electron chi connectivity index (χ0n) is 23.3. The summed E-state index contributed by atoms with van der Waals surface area (Å²) in [5.74, 6) is -3.77. The molecule has 1 atom stereocenters. The fourth-order valence-corrected chi connectivity index (χ4v) is 5.51. The van der Waals surface area contributed by atoms with Crippen molar-refractivity contribution >= 4 is 29.5 Å². The number of alkyl halides is 3. The molecule has 1 aromatic carbocycles. The van der Waals surface area contributed by atoms with Gasteiger partial charge in [0.15, 0.2) is 0 Å². The van der Waals surface area contributed by atoms with Crippen molar-refractivity contribution in [1.29, 1.82) is 5.26 Å². The van der Waals surface area contributed by atoms with Gasteiger partial charge >= 0.3 is 12.2 Å². The SMILES string of the molecule is CC(C)C(NC(=O)c1cc(C(F)(F)F)ccc1F)C(=O)N1CCC2(CC1)C(=O)N(C)C(=O)N2CC1=CC(C#N)=NCC1. The van der Waals surface area contributed by atoms with E-state index in [0.29, 0.717) is 31.2 Å². The third-order valence-corrected chi connectivity index (χ3v) is 7.93. The Hall–Kier alpha value is -4.28. The number of nitrogens with one attached hydrogen (secondary N) is 1. The Balaban J connectivity index is 1.50. The van der Waals surface area contributed by atoms with E-state index in [1.54, 1.807) is 19.9 Å². The van der Waals surface area contributed by atoms with Gasteiger partial charge in [0, 0.05) is 33.2 Å². The summed E-state index contributed by atoms with van der Waals surface area (Å²) in [4.78, 5) is 60.8. The van der Waals surface area contributed by atoms with E-state index in [2.05, 4.69) is 10.3 Å². The molecule has 0 bridgehead atoms. The number of aliphatic imine (C=N–C) groups is 1. The Morgan fingerprint density at radius 1 is 1.19 bits per heavy atom. The van der Waals surface area contributed by atoms with Gasteiger partial charge in [-0.1, -0.05) is 13.8 Å². The molecule has 0 aromatic heterocycles. The van der Waals surface area contributed by atoms with Crippen LogP contribution >= 0.6 is 0 Å². The lowest BCUT2D eigenvalue weighted by molar-refractivity contribution is -0.142. The van der Waals surface area contributed by atoms with Gasteiger partial charge in [-0.05, 0) is 55.0 Å². The van der Waals surface area contributed by atoms with Crippen molar-refractivity contribution in [1.82, 2.24) is 20.0 Å². The van der Waals surface area contributed by atoms with Crippen molar-refractivity contribution in [2.45, 2.75) is 50.9 Å². The maximum atomic E-state index is 14.3. The number of allylic oxidation sites excluding steroid dienone is 1. The fourth-order valence-electron chi connectivity index (χ4n) is 5.51. The Morgan fingerprint density at radius 3 is 2.45 bits per heavy atom. The van der Waals surface area contributed by atoms with E-state index in [1.807, 2.05) is 6.07 Å². The molecule has 3 aliphatic heterocycles. The van der Waals surface area contributed by atoms with Gasteiger partial charge in [-0.3, -0.25) is 24.3 Å². The van der Waals surface area contributed by atoms with Crippen LogP contribution in [0.4, 0.5) is 22.4 Å². The standard InChI is InChI=1S/C28H30F4N6O4/c1-16(2)22(35-23(39)20-13-18(28(30,31)32)4-5-21(20)29)24(40)37-10-7-27(8-11-37)25(41)36(3)26(42)38(27)15-17-6-9-34-19(12-17)14-33/h4-5,12-13,16,22H,6-11,15H2,1-3H3,(H,35,39). The van der Waals surface area contributed by atoms with E-state index in [-0.39, 0.29) is 38.2 Å². The summed E-state index contributed by atoms with van der Waals surface area (Å²) in [6, 6.07) is 1.78. The molecule has 3 aliphatic rings. The molecule has 42 heavy (non-hydrogen) atoms. The molecule has 1 unspecified atom stereocenters. The number of dihydropyridines is 1. The van der Waals surface area contributed by atoms with E-state index in [4.69, 9.17) is 0 Å². The van der Waals surface area contributed by atoms with Crippen LogP contribution in [0.2, 0.25) is 0 Å². The number of piperidine rings is 1. The second-order valence-corrected chi connectivity index (χ2v) is 10.9. The van der Waals surface area contributed by atoms with Crippen LogP contribution in [0.25, 0.3) is 0 Å². The zero-order valence-corrected chi connectivity index (χ0v) is 23.3. The lowest BCUT2D eigenvalue weighted by Crippen LogP contribution is -2.60. The fraction of sp³-hybridized carbons (Fsp3) is 0.500. The van der Waals surface area contributed by atoms with Crippen LogP contribution < -0.4 is 5.32 Å². The summed E-state index contributed by atoms with van der Waals surface area (Å²) in [5.41, 5.74) is -2.23. The van der Waals surface area contributed by atoms with E-state index >= 15 is 0 Å². The highest BCUT2D eigenvalue weighted by atomic mass is 19.4. The van der Waals surface area contributed by atoms with Gasteiger partial charge in [-0.2, -0.15) is 18.4 Å². The number of urea groups is 1. The molecule has 1 spiro atoms. The van der Waals surface area contributed by atoms with Gasteiger partial charge in [0.05, 0.1) is 11.1 Å².